The largest absolute Gasteiger partial charge is 0.454 e. The fraction of sp³-hybridized carbons (Fsp3) is 0.308. The van der Waals surface area contributed by atoms with E-state index in [-0.39, 0.29) is 43.4 Å². The Labute approximate surface area is 291 Å². The van der Waals surface area contributed by atoms with Crippen LogP contribution in [0.4, 0.5) is 4.39 Å². The van der Waals surface area contributed by atoms with E-state index in [0.29, 0.717) is 17.7 Å². The highest BCUT2D eigenvalue weighted by atomic mass is 19.1. The smallest absolute Gasteiger partial charge is 0.245 e. The summed E-state index contributed by atoms with van der Waals surface area (Å²) < 4.78 is 20.7. The number of likely N-dealkylation sites (N-methyl/N-ethyl adjacent to an activating group) is 1. The van der Waals surface area contributed by atoms with Gasteiger partial charge in [0.15, 0.2) is 11.6 Å². The number of amides is 4. The first kappa shape index (κ1) is 35.7. The molecular formula is C39H42FN5O5. The average molecular weight is 680 g/mol. The Bertz CT molecular complexity index is 1790. The van der Waals surface area contributed by atoms with Crippen molar-refractivity contribution in [3.05, 3.63) is 125 Å². The first-order valence-corrected chi connectivity index (χ1v) is 16.7. The third-order valence-electron chi connectivity index (χ3n) is 8.36. The maximum atomic E-state index is 14.8. The van der Waals surface area contributed by atoms with E-state index >= 15 is 0 Å². The number of hydrogen-bond donors (Lipinski definition) is 3. The molecule has 3 heterocycles. The van der Waals surface area contributed by atoms with Crippen molar-refractivity contribution in [2.45, 2.75) is 64.2 Å². The minimum absolute atomic E-state index is 0.0115. The highest BCUT2D eigenvalue weighted by Gasteiger charge is 2.32. The second kappa shape index (κ2) is 16.7. The van der Waals surface area contributed by atoms with Crippen molar-refractivity contribution in [2.24, 2.45) is 5.92 Å². The molecule has 3 aromatic carbocycles. The number of hydrogen-bond acceptors (Lipinski definition) is 6. The maximum Gasteiger partial charge on any atom is 0.245 e. The van der Waals surface area contributed by atoms with E-state index < -0.39 is 41.7 Å². The SMILES string of the molecule is CC(C)C[C@@H]1NC(=O)[C@@H](Cc2ccccc2)NC(=O)Cc2ccc(F)c(c2)Oc2ccc(cc2)C[C@@H](C(=O)N(C)Cc2cccnc2)NC1=O. The number of carbonyl (C=O) groups excluding carboxylic acids is 4. The number of carbonyl (C=O) groups is 4. The monoisotopic (exact) mass is 679 g/mol. The molecule has 4 amide bonds. The molecule has 4 aromatic rings. The van der Waals surface area contributed by atoms with Crippen LogP contribution in [0.5, 0.6) is 11.5 Å². The second-order valence-electron chi connectivity index (χ2n) is 13.0. The Balaban J connectivity index is 1.50. The lowest BCUT2D eigenvalue weighted by Gasteiger charge is -2.28. The third kappa shape index (κ3) is 9.97. The van der Waals surface area contributed by atoms with Gasteiger partial charge in [-0.25, -0.2) is 4.39 Å². The zero-order chi connectivity index (χ0) is 35.6. The number of halogens is 1. The summed E-state index contributed by atoms with van der Waals surface area (Å²) in [6.07, 6.45) is 3.78. The van der Waals surface area contributed by atoms with Crippen LogP contribution >= 0.6 is 0 Å². The van der Waals surface area contributed by atoms with Gasteiger partial charge in [-0.15, -0.1) is 0 Å². The van der Waals surface area contributed by atoms with E-state index in [1.807, 2.05) is 50.2 Å². The predicted octanol–water partition coefficient (Wildman–Crippen LogP) is 4.51. The molecule has 10 nitrogen and oxygen atoms in total. The summed E-state index contributed by atoms with van der Waals surface area (Å²) in [5.41, 5.74) is 2.83. The molecule has 0 unspecified atom stereocenters. The molecule has 0 saturated carbocycles. The number of ether oxygens (including phenoxy) is 1. The molecule has 2 aliphatic heterocycles. The molecular weight excluding hydrogens is 637 g/mol. The standard InChI is InChI=1S/C39H42FN5O5/c1-25(2)18-32-37(47)44-34(39(49)45(3)24-29-10-7-17-41-23-29)20-27-11-14-30(15-12-27)50-35-21-28(13-16-31(35)40)22-36(46)42-33(38(48)43-32)19-26-8-5-4-6-9-26/h4-17,21,23,25,32-34H,18-20,22,24H2,1-3H3,(H,42,46)(H,43,48)(H,44,47)/t32-,33+,34-/m0/s1. The normalized spacial score (nSPS) is 18.5. The van der Waals surface area contributed by atoms with Crippen LogP contribution in [0, 0.1) is 11.7 Å². The molecule has 50 heavy (non-hydrogen) atoms. The molecule has 0 radical (unpaired) electrons. The molecule has 260 valence electrons. The van der Waals surface area contributed by atoms with E-state index in [0.717, 1.165) is 16.7 Å². The Morgan fingerprint density at radius 1 is 0.880 bits per heavy atom. The Morgan fingerprint density at radius 3 is 2.28 bits per heavy atom. The number of pyridine rings is 1. The number of benzene rings is 3. The molecule has 1 aromatic heterocycles. The van der Waals surface area contributed by atoms with Gasteiger partial charge in [-0.3, -0.25) is 24.2 Å². The van der Waals surface area contributed by atoms with Crippen LogP contribution in [-0.4, -0.2) is 58.7 Å². The van der Waals surface area contributed by atoms with Gasteiger partial charge in [-0.1, -0.05) is 68.4 Å². The van der Waals surface area contributed by atoms with E-state index in [9.17, 15) is 23.6 Å². The van der Waals surface area contributed by atoms with Crippen molar-refractivity contribution < 1.29 is 28.3 Å². The van der Waals surface area contributed by atoms with Gasteiger partial charge in [0.05, 0.1) is 6.42 Å². The first-order chi connectivity index (χ1) is 24.0. The van der Waals surface area contributed by atoms with Crippen LogP contribution in [0.2, 0.25) is 0 Å². The van der Waals surface area contributed by atoms with Gasteiger partial charge in [0.1, 0.15) is 23.9 Å². The van der Waals surface area contributed by atoms with Crippen LogP contribution in [0.1, 0.15) is 42.5 Å². The van der Waals surface area contributed by atoms with Crippen LogP contribution < -0.4 is 20.7 Å². The Kier molecular flexibility index (Phi) is 11.9. The first-order valence-electron chi connectivity index (χ1n) is 16.7. The van der Waals surface area contributed by atoms with Crippen LogP contribution in [-0.2, 0) is 45.0 Å². The summed E-state index contributed by atoms with van der Waals surface area (Å²) in [5.74, 6) is -2.17. The van der Waals surface area contributed by atoms with Gasteiger partial charge in [-0.05, 0) is 64.9 Å². The molecule has 3 atom stereocenters. The van der Waals surface area contributed by atoms with Gasteiger partial charge in [0.25, 0.3) is 0 Å². The van der Waals surface area contributed by atoms with Crippen LogP contribution in [0.15, 0.2) is 97.3 Å². The van der Waals surface area contributed by atoms with Gasteiger partial charge >= 0.3 is 0 Å². The molecule has 11 heteroatoms. The summed E-state index contributed by atoms with van der Waals surface area (Å²) in [6.45, 7) is 4.13. The van der Waals surface area contributed by atoms with Gasteiger partial charge in [0.2, 0.25) is 23.6 Å². The molecule has 0 aliphatic carbocycles. The number of nitrogens with zero attached hydrogens (tertiary/aromatic N) is 2. The third-order valence-corrected chi connectivity index (χ3v) is 8.36. The number of fused-ring (bicyclic) bond motifs is 12. The van der Waals surface area contributed by atoms with Gasteiger partial charge < -0.3 is 25.6 Å². The lowest BCUT2D eigenvalue weighted by Crippen LogP contribution is -2.57. The number of nitrogens with one attached hydrogen (secondary N) is 3. The van der Waals surface area contributed by atoms with Crippen molar-refractivity contribution in [1.82, 2.24) is 25.8 Å². The second-order valence-corrected chi connectivity index (χ2v) is 13.0. The van der Waals surface area contributed by atoms with Crippen molar-refractivity contribution in [1.29, 1.82) is 0 Å². The summed E-state index contributed by atoms with van der Waals surface area (Å²) in [6, 6.07) is 20.8. The predicted molar refractivity (Wildman–Crippen MR) is 186 cm³/mol. The molecule has 2 aliphatic rings. The quantitative estimate of drug-likeness (QED) is 0.247. The van der Waals surface area contributed by atoms with Crippen molar-refractivity contribution >= 4 is 23.6 Å². The minimum Gasteiger partial charge on any atom is -0.454 e. The van der Waals surface area contributed by atoms with E-state index in [2.05, 4.69) is 20.9 Å². The lowest BCUT2D eigenvalue weighted by atomic mass is 9.99. The molecule has 4 bridgehead atoms. The fourth-order valence-corrected chi connectivity index (χ4v) is 5.84. The number of aromatic nitrogens is 1. The zero-order valence-electron chi connectivity index (χ0n) is 28.4. The Hall–Kier alpha value is -5.58. The highest BCUT2D eigenvalue weighted by Crippen LogP contribution is 2.27. The van der Waals surface area contributed by atoms with E-state index in [1.54, 1.807) is 49.8 Å². The fourth-order valence-electron chi connectivity index (χ4n) is 5.84. The maximum absolute atomic E-state index is 14.8. The van der Waals surface area contributed by atoms with Crippen LogP contribution in [0.25, 0.3) is 0 Å². The topological polar surface area (TPSA) is 130 Å². The molecule has 0 fully saturated rings. The summed E-state index contributed by atoms with van der Waals surface area (Å²) in [5, 5.41) is 8.61. The van der Waals surface area contributed by atoms with E-state index in [4.69, 9.17) is 4.74 Å². The molecule has 3 N–H and O–H groups in total. The summed E-state index contributed by atoms with van der Waals surface area (Å²) in [7, 11) is 1.65. The molecule has 0 spiro atoms. The lowest BCUT2D eigenvalue weighted by molar-refractivity contribution is -0.137. The zero-order valence-corrected chi connectivity index (χ0v) is 28.4. The Morgan fingerprint density at radius 2 is 1.58 bits per heavy atom. The van der Waals surface area contributed by atoms with Crippen molar-refractivity contribution in [3.8, 4) is 11.5 Å². The van der Waals surface area contributed by atoms with Crippen LogP contribution in [0.3, 0.4) is 0 Å². The molecule has 6 rings (SSSR count). The summed E-state index contributed by atoms with van der Waals surface area (Å²) >= 11 is 0. The van der Waals surface area contributed by atoms with Crippen molar-refractivity contribution in [2.75, 3.05) is 7.05 Å². The van der Waals surface area contributed by atoms with Gasteiger partial charge in [0, 0.05) is 38.8 Å². The molecule has 0 saturated heterocycles. The average Bonchev–Trinajstić information content (AvgIpc) is 3.09. The van der Waals surface area contributed by atoms with E-state index in [1.165, 1.54) is 23.1 Å². The summed E-state index contributed by atoms with van der Waals surface area (Å²) in [4.78, 5) is 60.8. The van der Waals surface area contributed by atoms with Crippen molar-refractivity contribution in [3.63, 3.8) is 0 Å². The van der Waals surface area contributed by atoms with Gasteiger partial charge in [-0.2, -0.15) is 0 Å². The number of rotatable bonds is 7. The highest BCUT2D eigenvalue weighted by molar-refractivity contribution is 5.94. The minimum atomic E-state index is -1.02.